The lowest BCUT2D eigenvalue weighted by molar-refractivity contribution is -0.210. The SMILES string of the molecule is CCC(OC)(C(=O)O)C(C)(O)C(=O)O. The van der Waals surface area contributed by atoms with Gasteiger partial charge in [-0.15, -0.1) is 0 Å². The topological polar surface area (TPSA) is 104 Å². The van der Waals surface area contributed by atoms with Gasteiger partial charge in [0, 0.05) is 7.11 Å². The Morgan fingerprint density at radius 1 is 1.29 bits per heavy atom. The fourth-order valence-corrected chi connectivity index (χ4v) is 1.31. The van der Waals surface area contributed by atoms with Crippen LogP contribution in [0.15, 0.2) is 0 Å². The van der Waals surface area contributed by atoms with Crippen molar-refractivity contribution >= 4 is 11.9 Å². The third-order valence-corrected chi connectivity index (χ3v) is 2.39. The Hall–Kier alpha value is -1.14. The molecule has 0 bridgehead atoms. The normalized spacial score (nSPS) is 19.4. The van der Waals surface area contributed by atoms with Gasteiger partial charge in [-0.2, -0.15) is 0 Å². The zero-order valence-electron chi connectivity index (χ0n) is 8.27. The quantitative estimate of drug-likeness (QED) is 0.570. The van der Waals surface area contributed by atoms with Crippen LogP contribution in [0.25, 0.3) is 0 Å². The number of carboxylic acid groups (broad SMARTS) is 2. The summed E-state index contributed by atoms with van der Waals surface area (Å²) in [5.41, 5.74) is -4.60. The summed E-state index contributed by atoms with van der Waals surface area (Å²) in [5, 5.41) is 27.1. The third kappa shape index (κ3) is 1.58. The Morgan fingerprint density at radius 3 is 1.79 bits per heavy atom. The van der Waals surface area contributed by atoms with Gasteiger partial charge in [-0.25, -0.2) is 9.59 Å². The van der Waals surface area contributed by atoms with Gasteiger partial charge in [-0.1, -0.05) is 6.92 Å². The van der Waals surface area contributed by atoms with Crippen LogP contribution < -0.4 is 0 Å². The maximum atomic E-state index is 10.9. The molecule has 14 heavy (non-hydrogen) atoms. The zero-order valence-corrected chi connectivity index (χ0v) is 8.27. The van der Waals surface area contributed by atoms with E-state index in [1.165, 1.54) is 6.92 Å². The first-order valence-corrected chi connectivity index (χ1v) is 4.00. The van der Waals surface area contributed by atoms with E-state index in [9.17, 15) is 14.7 Å². The van der Waals surface area contributed by atoms with E-state index < -0.39 is 23.1 Å². The van der Waals surface area contributed by atoms with Crippen LogP contribution in [0.4, 0.5) is 0 Å². The number of aliphatic hydroxyl groups is 1. The summed E-state index contributed by atoms with van der Waals surface area (Å²) in [6, 6.07) is 0. The molecule has 0 saturated carbocycles. The lowest BCUT2D eigenvalue weighted by Crippen LogP contribution is -2.62. The smallest absolute Gasteiger partial charge is 0.339 e. The van der Waals surface area contributed by atoms with Crippen LogP contribution in [0.3, 0.4) is 0 Å². The molecular weight excluding hydrogens is 192 g/mol. The lowest BCUT2D eigenvalue weighted by Gasteiger charge is -2.36. The van der Waals surface area contributed by atoms with E-state index in [0.717, 1.165) is 14.0 Å². The number of aliphatic carboxylic acids is 2. The van der Waals surface area contributed by atoms with E-state index in [2.05, 4.69) is 4.74 Å². The molecule has 0 saturated heterocycles. The highest BCUT2D eigenvalue weighted by Crippen LogP contribution is 2.30. The van der Waals surface area contributed by atoms with E-state index in [-0.39, 0.29) is 6.42 Å². The minimum atomic E-state index is -2.47. The molecule has 0 spiro atoms. The first-order chi connectivity index (χ1) is 6.26. The van der Waals surface area contributed by atoms with Crippen LogP contribution >= 0.6 is 0 Å². The van der Waals surface area contributed by atoms with Crippen molar-refractivity contribution in [2.24, 2.45) is 0 Å². The predicted octanol–water partition coefficient (Wildman–Crippen LogP) is -0.298. The molecule has 6 heteroatoms. The molecule has 0 aliphatic heterocycles. The molecule has 6 nitrogen and oxygen atoms in total. The fraction of sp³-hybridized carbons (Fsp3) is 0.750. The van der Waals surface area contributed by atoms with E-state index in [1.807, 2.05) is 0 Å². The first-order valence-electron chi connectivity index (χ1n) is 4.00. The van der Waals surface area contributed by atoms with Crippen LogP contribution in [0.1, 0.15) is 20.3 Å². The van der Waals surface area contributed by atoms with Crippen molar-refractivity contribution in [3.8, 4) is 0 Å². The molecule has 2 unspecified atom stereocenters. The van der Waals surface area contributed by atoms with Crippen LogP contribution in [0.2, 0.25) is 0 Å². The number of ether oxygens (including phenoxy) is 1. The van der Waals surface area contributed by atoms with Gasteiger partial charge in [0.05, 0.1) is 0 Å². The van der Waals surface area contributed by atoms with Crippen molar-refractivity contribution < 1.29 is 29.6 Å². The van der Waals surface area contributed by atoms with Crippen LogP contribution in [-0.2, 0) is 14.3 Å². The van der Waals surface area contributed by atoms with Crippen LogP contribution in [-0.4, -0.2) is 45.6 Å². The molecule has 0 aliphatic carbocycles. The number of methoxy groups -OCH3 is 1. The number of hydrogen-bond acceptors (Lipinski definition) is 4. The lowest BCUT2D eigenvalue weighted by atomic mass is 9.82. The summed E-state index contributed by atoms with van der Waals surface area (Å²) >= 11 is 0. The van der Waals surface area contributed by atoms with Gasteiger partial charge >= 0.3 is 11.9 Å². The Bertz CT molecular complexity index is 240. The van der Waals surface area contributed by atoms with Crippen molar-refractivity contribution in [3.63, 3.8) is 0 Å². The van der Waals surface area contributed by atoms with Crippen molar-refractivity contribution in [1.29, 1.82) is 0 Å². The molecular formula is C8H14O6. The Labute approximate surface area is 81.1 Å². The zero-order chi connectivity index (χ0) is 11.6. The molecule has 0 rings (SSSR count). The van der Waals surface area contributed by atoms with E-state index >= 15 is 0 Å². The number of carboxylic acids is 2. The highest BCUT2D eigenvalue weighted by atomic mass is 16.5. The largest absolute Gasteiger partial charge is 0.479 e. The minimum Gasteiger partial charge on any atom is -0.479 e. The molecule has 3 N–H and O–H groups in total. The van der Waals surface area contributed by atoms with Crippen molar-refractivity contribution in [2.75, 3.05) is 7.11 Å². The highest BCUT2D eigenvalue weighted by molar-refractivity contribution is 5.90. The maximum Gasteiger partial charge on any atom is 0.339 e. The van der Waals surface area contributed by atoms with Gasteiger partial charge in [0.25, 0.3) is 0 Å². The molecule has 2 atom stereocenters. The Morgan fingerprint density at radius 2 is 1.71 bits per heavy atom. The standard InChI is InChI=1S/C8H14O6/c1-4-8(14-3,6(11)12)7(2,13)5(9)10/h13H,4H2,1-3H3,(H,9,10)(H,11,12). The second-order valence-electron chi connectivity index (χ2n) is 3.07. The van der Waals surface area contributed by atoms with Crippen LogP contribution in [0, 0.1) is 0 Å². The Kier molecular flexibility index (Phi) is 3.61. The maximum absolute atomic E-state index is 10.9. The average Bonchev–Trinajstić information content (AvgIpc) is 2.05. The highest BCUT2D eigenvalue weighted by Gasteiger charge is 2.58. The molecule has 0 aromatic heterocycles. The second-order valence-corrected chi connectivity index (χ2v) is 3.07. The third-order valence-electron chi connectivity index (χ3n) is 2.39. The molecule has 0 radical (unpaired) electrons. The van der Waals surface area contributed by atoms with Gasteiger partial charge < -0.3 is 20.1 Å². The molecule has 0 amide bonds. The predicted molar refractivity (Wildman–Crippen MR) is 45.9 cm³/mol. The first kappa shape index (κ1) is 12.9. The Balaban J connectivity index is 5.39. The van der Waals surface area contributed by atoms with Crippen molar-refractivity contribution in [1.82, 2.24) is 0 Å². The minimum absolute atomic E-state index is 0.155. The summed E-state index contributed by atoms with van der Waals surface area (Å²) in [7, 11) is 1.05. The molecule has 0 fully saturated rings. The summed E-state index contributed by atoms with van der Waals surface area (Å²) in [6.45, 7) is 2.32. The number of hydrogen-bond donors (Lipinski definition) is 3. The molecule has 0 heterocycles. The number of rotatable bonds is 5. The summed E-state index contributed by atoms with van der Waals surface area (Å²) < 4.78 is 4.64. The summed E-state index contributed by atoms with van der Waals surface area (Å²) in [6.07, 6.45) is -0.155. The summed E-state index contributed by atoms with van der Waals surface area (Å²) in [5.74, 6) is -3.14. The molecule has 82 valence electrons. The van der Waals surface area contributed by atoms with Gasteiger partial charge in [-0.3, -0.25) is 0 Å². The van der Waals surface area contributed by atoms with Gasteiger partial charge in [0.1, 0.15) is 0 Å². The van der Waals surface area contributed by atoms with Crippen molar-refractivity contribution in [2.45, 2.75) is 31.5 Å². The van der Waals surface area contributed by atoms with Gasteiger partial charge in [0.2, 0.25) is 5.60 Å². The number of carbonyl (C=O) groups is 2. The van der Waals surface area contributed by atoms with Crippen LogP contribution in [0.5, 0.6) is 0 Å². The fourth-order valence-electron chi connectivity index (χ4n) is 1.31. The van der Waals surface area contributed by atoms with Gasteiger partial charge in [-0.05, 0) is 13.3 Å². The molecule has 0 aliphatic rings. The van der Waals surface area contributed by atoms with Crippen molar-refractivity contribution in [3.05, 3.63) is 0 Å². The van der Waals surface area contributed by atoms with E-state index in [1.54, 1.807) is 0 Å². The molecule has 0 aromatic carbocycles. The van der Waals surface area contributed by atoms with E-state index in [0.29, 0.717) is 0 Å². The summed E-state index contributed by atoms with van der Waals surface area (Å²) in [4.78, 5) is 21.6. The van der Waals surface area contributed by atoms with Gasteiger partial charge in [0.15, 0.2) is 5.60 Å². The monoisotopic (exact) mass is 206 g/mol. The average molecular weight is 206 g/mol. The second kappa shape index (κ2) is 3.93. The molecule has 0 aromatic rings. The van der Waals surface area contributed by atoms with E-state index in [4.69, 9.17) is 10.2 Å².